The van der Waals surface area contributed by atoms with Crippen LogP contribution in [0.5, 0.6) is 11.5 Å². The zero-order chi connectivity index (χ0) is 34.6. The number of amides is 3. The minimum Gasteiger partial charge on any atom is -0.484 e. The van der Waals surface area contributed by atoms with Crippen LogP contribution in [0, 0.1) is 5.92 Å². The van der Waals surface area contributed by atoms with Gasteiger partial charge in [-0.25, -0.2) is 22.5 Å². The van der Waals surface area contributed by atoms with E-state index in [0.717, 1.165) is 12.8 Å². The Morgan fingerprint density at radius 3 is 2.42 bits per heavy atom. The lowest BCUT2D eigenvalue weighted by atomic mass is 9.90. The van der Waals surface area contributed by atoms with Crippen molar-refractivity contribution in [1.29, 1.82) is 0 Å². The number of benzene rings is 1. The lowest BCUT2D eigenvalue weighted by Crippen LogP contribution is -2.45. The van der Waals surface area contributed by atoms with Crippen LogP contribution in [0.3, 0.4) is 0 Å². The summed E-state index contributed by atoms with van der Waals surface area (Å²) in [5.41, 5.74) is 1.01. The number of ether oxygens (including phenoxy) is 2. The van der Waals surface area contributed by atoms with E-state index in [4.69, 9.17) is 4.74 Å². The quantitative estimate of drug-likeness (QED) is 0.269. The van der Waals surface area contributed by atoms with Gasteiger partial charge in [0.15, 0.2) is 11.5 Å². The maximum atomic E-state index is 13.8. The molecule has 0 radical (unpaired) electrons. The van der Waals surface area contributed by atoms with Crippen LogP contribution >= 0.6 is 0 Å². The number of alkyl halides is 6. The van der Waals surface area contributed by atoms with Crippen LogP contribution in [0.25, 0.3) is 0 Å². The van der Waals surface area contributed by atoms with Crippen LogP contribution in [0.2, 0.25) is 0 Å². The third-order valence-electron chi connectivity index (χ3n) is 9.04. The van der Waals surface area contributed by atoms with Crippen molar-refractivity contribution in [3.63, 3.8) is 0 Å². The molecule has 15 heteroatoms. The molecule has 0 spiro atoms. The van der Waals surface area contributed by atoms with Gasteiger partial charge in [0, 0.05) is 44.8 Å². The lowest BCUT2D eigenvalue weighted by molar-refractivity contribution is -0.136. The molecule has 1 aliphatic heterocycles. The summed E-state index contributed by atoms with van der Waals surface area (Å²) in [5, 5.41) is 2.77. The molecule has 2 aliphatic carbocycles. The van der Waals surface area contributed by atoms with E-state index in [2.05, 4.69) is 15.0 Å². The molecule has 2 atom stereocenters. The van der Waals surface area contributed by atoms with Crippen LogP contribution in [0.15, 0.2) is 36.4 Å². The van der Waals surface area contributed by atoms with Crippen molar-refractivity contribution < 1.29 is 50.2 Å². The molecule has 3 amide bonds. The SMILES string of the molecule is CC(=O)N1CC(c2ccc(OC(F)F)c(OCC(F)F)c2)C[C@@H]1C(=O)NCc1cccc(C(=O)N(CC2CC2)C2CCC(F)(F)CC2)n1. The Hall–Kier alpha value is -4.04. The molecule has 2 saturated carbocycles. The van der Waals surface area contributed by atoms with Gasteiger partial charge in [0.25, 0.3) is 12.3 Å². The Bertz CT molecular complexity index is 1470. The molecule has 1 saturated heterocycles. The smallest absolute Gasteiger partial charge is 0.387 e. The molecular weight excluding hydrogens is 646 g/mol. The van der Waals surface area contributed by atoms with Crippen LogP contribution in [0.4, 0.5) is 26.3 Å². The van der Waals surface area contributed by atoms with Gasteiger partial charge in [-0.15, -0.1) is 0 Å². The van der Waals surface area contributed by atoms with Gasteiger partial charge in [-0.1, -0.05) is 12.1 Å². The number of rotatable bonds is 13. The van der Waals surface area contributed by atoms with Crippen molar-refractivity contribution in [2.24, 2.45) is 5.92 Å². The second-order valence-corrected chi connectivity index (χ2v) is 12.6. The lowest BCUT2D eigenvalue weighted by Gasteiger charge is -2.37. The molecule has 1 N–H and O–H groups in total. The molecule has 1 aromatic carbocycles. The largest absolute Gasteiger partial charge is 0.484 e. The van der Waals surface area contributed by atoms with E-state index in [9.17, 15) is 40.7 Å². The van der Waals surface area contributed by atoms with Gasteiger partial charge >= 0.3 is 6.61 Å². The average Bonchev–Trinajstić information content (AvgIpc) is 3.75. The van der Waals surface area contributed by atoms with Crippen LogP contribution < -0.4 is 14.8 Å². The van der Waals surface area contributed by atoms with Crippen molar-refractivity contribution in [1.82, 2.24) is 20.1 Å². The number of hydrogen-bond acceptors (Lipinski definition) is 6. The molecule has 2 heterocycles. The Balaban J connectivity index is 1.25. The molecule has 9 nitrogen and oxygen atoms in total. The molecular formula is C33H38F6N4O5. The Labute approximate surface area is 273 Å². The molecule has 48 heavy (non-hydrogen) atoms. The van der Waals surface area contributed by atoms with Gasteiger partial charge in [-0.05, 0) is 67.9 Å². The average molecular weight is 685 g/mol. The summed E-state index contributed by atoms with van der Waals surface area (Å²) in [7, 11) is 0. The highest BCUT2D eigenvalue weighted by atomic mass is 19.3. The van der Waals surface area contributed by atoms with E-state index in [1.54, 1.807) is 23.1 Å². The van der Waals surface area contributed by atoms with E-state index < -0.39 is 49.2 Å². The summed E-state index contributed by atoms with van der Waals surface area (Å²) >= 11 is 0. The summed E-state index contributed by atoms with van der Waals surface area (Å²) in [6.45, 7) is -2.42. The fourth-order valence-electron chi connectivity index (χ4n) is 6.36. The van der Waals surface area contributed by atoms with E-state index in [1.807, 2.05) is 0 Å². The zero-order valence-electron chi connectivity index (χ0n) is 26.4. The minimum atomic E-state index is -3.21. The third kappa shape index (κ3) is 9.10. The van der Waals surface area contributed by atoms with Crippen LogP contribution in [0.1, 0.15) is 79.5 Å². The number of likely N-dealkylation sites (tertiary alicyclic amines) is 1. The second-order valence-electron chi connectivity index (χ2n) is 12.6. The first-order valence-electron chi connectivity index (χ1n) is 16.0. The highest BCUT2D eigenvalue weighted by Crippen LogP contribution is 2.39. The highest BCUT2D eigenvalue weighted by molar-refractivity contribution is 5.92. The molecule has 2 aromatic rings. The first-order valence-corrected chi connectivity index (χ1v) is 16.0. The van der Waals surface area contributed by atoms with Gasteiger partial charge in [0.1, 0.15) is 18.3 Å². The van der Waals surface area contributed by atoms with Crippen molar-refractivity contribution in [3.05, 3.63) is 53.3 Å². The predicted octanol–water partition coefficient (Wildman–Crippen LogP) is 5.78. The fourth-order valence-corrected chi connectivity index (χ4v) is 6.36. The molecule has 1 unspecified atom stereocenters. The molecule has 3 aliphatic rings. The summed E-state index contributed by atoms with van der Waals surface area (Å²) in [5.74, 6) is -4.77. The van der Waals surface area contributed by atoms with E-state index in [0.29, 0.717) is 23.7 Å². The fraction of sp³-hybridized carbons (Fsp3) is 0.576. The second kappa shape index (κ2) is 15.0. The van der Waals surface area contributed by atoms with Crippen molar-refractivity contribution in [3.8, 4) is 11.5 Å². The number of nitrogens with zero attached hydrogens (tertiary/aromatic N) is 3. The number of carbonyl (C=O) groups is 3. The highest BCUT2D eigenvalue weighted by Gasteiger charge is 2.41. The van der Waals surface area contributed by atoms with Gasteiger partial charge in [0.05, 0.1) is 12.2 Å². The van der Waals surface area contributed by atoms with Gasteiger partial charge in [-0.3, -0.25) is 14.4 Å². The molecule has 0 bridgehead atoms. The van der Waals surface area contributed by atoms with Crippen molar-refractivity contribution >= 4 is 17.7 Å². The molecule has 5 rings (SSSR count). The normalized spacial score (nSPS) is 21.0. The number of halogens is 6. The van der Waals surface area contributed by atoms with Crippen LogP contribution in [-0.2, 0) is 16.1 Å². The number of aromatic nitrogens is 1. The third-order valence-corrected chi connectivity index (χ3v) is 9.04. The Morgan fingerprint density at radius 1 is 1.04 bits per heavy atom. The van der Waals surface area contributed by atoms with Gasteiger partial charge in [-0.2, -0.15) is 8.78 Å². The van der Waals surface area contributed by atoms with Crippen LogP contribution in [-0.4, -0.2) is 83.2 Å². The van der Waals surface area contributed by atoms with Gasteiger partial charge < -0.3 is 24.6 Å². The molecule has 1 aromatic heterocycles. The first-order chi connectivity index (χ1) is 22.8. The van der Waals surface area contributed by atoms with Gasteiger partial charge in [0.2, 0.25) is 17.7 Å². The summed E-state index contributed by atoms with van der Waals surface area (Å²) in [6.07, 6.45) is -0.842. The van der Waals surface area contributed by atoms with Crippen molar-refractivity contribution in [2.75, 3.05) is 19.7 Å². The van der Waals surface area contributed by atoms with E-state index in [1.165, 1.54) is 30.0 Å². The number of carbonyl (C=O) groups excluding carboxylic acids is 3. The maximum absolute atomic E-state index is 13.8. The number of nitrogens with one attached hydrogen (secondary N) is 1. The standard InChI is InChI=1S/C33H38F6N4O5/c1-19(44)42-17-22(21-7-8-27(48-32(36)37)28(14-21)47-18-29(34)35)13-26(42)30(45)40-15-23-3-2-4-25(41-23)31(46)43(16-20-5-6-20)24-9-11-33(38,39)12-10-24/h2-4,7-8,14,20,22,24,26,29,32H,5-6,9-13,15-18H2,1H3,(H,40,45)/t22?,26-/m1/s1. The Morgan fingerprint density at radius 2 is 1.77 bits per heavy atom. The summed E-state index contributed by atoms with van der Waals surface area (Å²) in [4.78, 5) is 46.9. The Kier molecular flexibility index (Phi) is 11.0. The predicted molar refractivity (Wildman–Crippen MR) is 160 cm³/mol. The summed E-state index contributed by atoms with van der Waals surface area (Å²) in [6, 6.07) is 7.54. The molecule has 262 valence electrons. The maximum Gasteiger partial charge on any atom is 0.387 e. The van der Waals surface area contributed by atoms with Crippen molar-refractivity contribution in [2.45, 2.75) is 95.4 Å². The van der Waals surface area contributed by atoms with E-state index >= 15 is 0 Å². The summed E-state index contributed by atoms with van der Waals surface area (Å²) < 4.78 is 88.3. The molecule has 3 fully saturated rings. The monoisotopic (exact) mass is 684 g/mol. The number of hydrogen-bond donors (Lipinski definition) is 1. The first kappa shape index (κ1) is 35.3. The topological polar surface area (TPSA) is 101 Å². The zero-order valence-corrected chi connectivity index (χ0v) is 26.4. The minimum absolute atomic E-state index is 0.0591. The van der Waals surface area contributed by atoms with E-state index in [-0.39, 0.29) is 74.5 Å². The number of pyridine rings is 1.